The number of carbonyl (C=O) groups is 5. The minimum absolute atomic E-state index is 0.0222. The van der Waals surface area contributed by atoms with E-state index >= 15 is 0 Å². The molecule has 2 aromatic rings. The summed E-state index contributed by atoms with van der Waals surface area (Å²) < 4.78 is 0. The third-order valence-electron chi connectivity index (χ3n) is 9.61. The average molecular weight is 548 g/mol. The Morgan fingerprint density at radius 3 is 2.62 bits per heavy atom. The molecular formula is C30H37N5O5. The number of fused-ring (bicyclic) bond motifs is 2. The number of amides is 4. The van der Waals surface area contributed by atoms with Crippen LogP contribution in [0.5, 0.6) is 0 Å². The molecule has 0 unspecified atom stereocenters. The normalized spacial score (nSPS) is 28.2. The highest BCUT2D eigenvalue weighted by molar-refractivity contribution is 6.01. The molecule has 1 aromatic heterocycles. The molecule has 2 aliphatic heterocycles. The molecule has 0 bridgehead atoms. The molecule has 4 aliphatic rings. The van der Waals surface area contributed by atoms with E-state index in [-0.39, 0.29) is 59.1 Å². The summed E-state index contributed by atoms with van der Waals surface area (Å²) in [7, 11) is 0. The molecule has 4 fully saturated rings. The van der Waals surface area contributed by atoms with Gasteiger partial charge in [0.15, 0.2) is 0 Å². The van der Waals surface area contributed by atoms with E-state index in [1.165, 1.54) is 0 Å². The lowest BCUT2D eigenvalue weighted by atomic mass is 9.91. The minimum atomic E-state index is -0.805. The lowest BCUT2D eigenvalue weighted by Gasteiger charge is -2.34. The van der Waals surface area contributed by atoms with Crippen LogP contribution in [0.1, 0.15) is 56.4 Å². The zero-order valence-corrected chi connectivity index (χ0v) is 22.9. The number of likely N-dealkylation sites (tertiary alicyclic amines) is 1. The van der Waals surface area contributed by atoms with E-state index in [0.29, 0.717) is 31.5 Å². The molecule has 2 saturated carbocycles. The number of nitrogens with zero attached hydrogens (tertiary/aromatic N) is 1. The summed E-state index contributed by atoms with van der Waals surface area (Å²) in [5, 5.41) is 9.54. The van der Waals surface area contributed by atoms with Crippen molar-refractivity contribution in [1.82, 2.24) is 25.8 Å². The van der Waals surface area contributed by atoms with E-state index in [1.807, 2.05) is 24.3 Å². The number of para-hydroxylation sites is 1. The Balaban J connectivity index is 1.17. The lowest BCUT2D eigenvalue weighted by molar-refractivity contribution is -0.142. The molecule has 0 radical (unpaired) electrons. The van der Waals surface area contributed by atoms with Gasteiger partial charge in [0, 0.05) is 29.9 Å². The molecule has 10 nitrogen and oxygen atoms in total. The van der Waals surface area contributed by atoms with Crippen molar-refractivity contribution in [2.75, 3.05) is 13.1 Å². The predicted octanol–water partition coefficient (Wildman–Crippen LogP) is 1.76. The summed E-state index contributed by atoms with van der Waals surface area (Å²) in [6.45, 7) is 5.27. The van der Waals surface area contributed by atoms with Crippen LogP contribution in [-0.2, 0) is 19.2 Å². The van der Waals surface area contributed by atoms with Gasteiger partial charge in [-0.1, -0.05) is 32.0 Å². The van der Waals surface area contributed by atoms with Crippen LogP contribution in [0.4, 0.5) is 0 Å². The maximum Gasteiger partial charge on any atom is 0.268 e. The van der Waals surface area contributed by atoms with E-state index in [0.717, 1.165) is 30.2 Å². The van der Waals surface area contributed by atoms with E-state index < -0.39 is 18.1 Å². The van der Waals surface area contributed by atoms with Gasteiger partial charge in [0.05, 0.1) is 6.04 Å². The highest BCUT2D eigenvalue weighted by Gasteiger charge is 2.69. The third-order valence-corrected chi connectivity index (χ3v) is 9.61. The first kappa shape index (κ1) is 26.5. The Morgan fingerprint density at radius 1 is 1.15 bits per heavy atom. The zero-order chi connectivity index (χ0) is 28.2. The number of piperidine rings is 2. The second-order valence-corrected chi connectivity index (χ2v) is 12.6. The van der Waals surface area contributed by atoms with Gasteiger partial charge in [-0.05, 0) is 67.4 Å². The van der Waals surface area contributed by atoms with Crippen molar-refractivity contribution < 1.29 is 24.0 Å². The molecule has 3 heterocycles. The van der Waals surface area contributed by atoms with Crippen LogP contribution in [0, 0.1) is 29.1 Å². The Bertz CT molecular complexity index is 1330. The van der Waals surface area contributed by atoms with Gasteiger partial charge < -0.3 is 30.6 Å². The first-order valence-electron chi connectivity index (χ1n) is 14.4. The van der Waals surface area contributed by atoms with Crippen LogP contribution < -0.4 is 16.0 Å². The molecule has 2 saturated heterocycles. The van der Waals surface area contributed by atoms with Crippen LogP contribution in [0.15, 0.2) is 30.3 Å². The SMILES string of the molecule is CC1(C)[C@@H]2[C@@H](C(=O)N[C@H](C=O)C[C@@H]3CCCNC3=O)N(C(=O)[C@@H](NC(=O)c3cc4ccccc4[nH]3)C3CC3)C[C@@H]21. The molecular weight excluding hydrogens is 510 g/mol. The topological polar surface area (TPSA) is 140 Å². The van der Waals surface area contributed by atoms with Gasteiger partial charge in [-0.15, -0.1) is 0 Å². The largest absolute Gasteiger partial charge is 0.356 e. The van der Waals surface area contributed by atoms with Gasteiger partial charge >= 0.3 is 0 Å². The van der Waals surface area contributed by atoms with Gasteiger partial charge in [0.2, 0.25) is 17.7 Å². The summed E-state index contributed by atoms with van der Waals surface area (Å²) in [6, 6.07) is 7.13. The summed E-state index contributed by atoms with van der Waals surface area (Å²) in [4.78, 5) is 69.7. The van der Waals surface area contributed by atoms with Crippen molar-refractivity contribution in [3.8, 4) is 0 Å². The molecule has 212 valence electrons. The van der Waals surface area contributed by atoms with Crippen molar-refractivity contribution in [2.24, 2.45) is 29.1 Å². The van der Waals surface area contributed by atoms with Gasteiger partial charge in [0.1, 0.15) is 24.1 Å². The Hall–Kier alpha value is -3.69. The first-order chi connectivity index (χ1) is 19.2. The first-order valence-corrected chi connectivity index (χ1v) is 14.4. The van der Waals surface area contributed by atoms with Gasteiger partial charge in [-0.25, -0.2) is 0 Å². The maximum absolute atomic E-state index is 14.0. The standard InChI is InChI=1S/C30H37N5O5/c1-30(2)20-14-35(25(23(20)30)28(39)32-19(15-36)12-18-7-5-11-31-26(18)37)29(40)24(16-9-10-16)34-27(38)22-13-17-6-3-4-8-21(17)33-22/h3-4,6,8,13,15-16,18-20,23-25,33H,5,7,9-12,14H2,1-2H3,(H,31,37)(H,32,39)(H,34,38)/t18-,19-,20-,23-,24-,25-/m0/s1. The minimum Gasteiger partial charge on any atom is -0.356 e. The molecule has 2 aliphatic carbocycles. The van der Waals surface area contributed by atoms with Crippen LogP contribution >= 0.6 is 0 Å². The maximum atomic E-state index is 14.0. The number of aldehydes is 1. The van der Waals surface area contributed by atoms with Crippen LogP contribution in [0.25, 0.3) is 10.9 Å². The van der Waals surface area contributed by atoms with Crippen LogP contribution in [0.2, 0.25) is 0 Å². The molecule has 4 amide bonds. The number of nitrogens with one attached hydrogen (secondary N) is 4. The van der Waals surface area contributed by atoms with Crippen molar-refractivity contribution in [2.45, 2.75) is 64.1 Å². The van der Waals surface area contributed by atoms with E-state index in [4.69, 9.17) is 0 Å². The quantitative estimate of drug-likeness (QED) is 0.354. The number of aromatic nitrogens is 1. The fourth-order valence-electron chi connectivity index (χ4n) is 7.00. The monoisotopic (exact) mass is 547 g/mol. The second kappa shape index (κ2) is 10.1. The Labute approximate surface area is 233 Å². The molecule has 40 heavy (non-hydrogen) atoms. The summed E-state index contributed by atoms with van der Waals surface area (Å²) in [5.74, 6) is -1.19. The van der Waals surface area contributed by atoms with Gasteiger partial charge in [-0.2, -0.15) is 0 Å². The van der Waals surface area contributed by atoms with Crippen molar-refractivity contribution in [1.29, 1.82) is 0 Å². The summed E-state index contributed by atoms with van der Waals surface area (Å²) in [5.41, 5.74) is 1.14. The van der Waals surface area contributed by atoms with Crippen molar-refractivity contribution in [3.63, 3.8) is 0 Å². The number of hydrogen-bond donors (Lipinski definition) is 4. The third kappa shape index (κ3) is 4.77. The Morgan fingerprint density at radius 2 is 1.93 bits per heavy atom. The average Bonchev–Trinajstić information content (AvgIpc) is 3.72. The summed E-state index contributed by atoms with van der Waals surface area (Å²) >= 11 is 0. The van der Waals surface area contributed by atoms with Crippen molar-refractivity contribution >= 4 is 40.8 Å². The molecule has 6 rings (SSSR count). The van der Waals surface area contributed by atoms with E-state index in [1.54, 1.807) is 11.0 Å². The number of benzene rings is 1. The predicted molar refractivity (Wildman–Crippen MR) is 147 cm³/mol. The molecule has 10 heteroatoms. The van der Waals surface area contributed by atoms with E-state index in [2.05, 4.69) is 34.8 Å². The number of H-pyrrole nitrogens is 1. The van der Waals surface area contributed by atoms with E-state index in [9.17, 15) is 24.0 Å². The van der Waals surface area contributed by atoms with Gasteiger partial charge in [-0.3, -0.25) is 19.2 Å². The van der Waals surface area contributed by atoms with Gasteiger partial charge in [0.25, 0.3) is 5.91 Å². The van der Waals surface area contributed by atoms with Crippen LogP contribution in [0.3, 0.4) is 0 Å². The zero-order valence-electron chi connectivity index (χ0n) is 22.9. The smallest absolute Gasteiger partial charge is 0.268 e. The number of hydrogen-bond acceptors (Lipinski definition) is 5. The highest BCUT2D eigenvalue weighted by Crippen LogP contribution is 2.65. The molecule has 6 atom stereocenters. The Kier molecular flexibility index (Phi) is 6.67. The number of rotatable bonds is 9. The number of carbonyl (C=O) groups excluding carboxylic acids is 5. The lowest BCUT2D eigenvalue weighted by Crippen LogP contribution is -2.57. The summed E-state index contributed by atoms with van der Waals surface area (Å²) in [6.07, 6.45) is 4.11. The number of aromatic amines is 1. The molecule has 4 N–H and O–H groups in total. The fraction of sp³-hybridized carbons (Fsp3) is 0.567. The fourth-order valence-corrected chi connectivity index (χ4v) is 7.00. The highest BCUT2D eigenvalue weighted by atomic mass is 16.2. The van der Waals surface area contributed by atoms with Crippen LogP contribution in [-0.4, -0.2) is 71.0 Å². The van der Waals surface area contributed by atoms with Crippen molar-refractivity contribution in [3.05, 3.63) is 36.0 Å². The molecule has 1 aromatic carbocycles. The molecule has 0 spiro atoms. The second-order valence-electron chi connectivity index (χ2n) is 12.6.